The van der Waals surface area contributed by atoms with Gasteiger partial charge in [-0.1, -0.05) is 18.2 Å². The molecular weight excluding hydrogens is 416 g/mol. The molecule has 2 aromatic heterocycles. The summed E-state index contributed by atoms with van der Waals surface area (Å²) in [4.78, 5) is 18.1. The van der Waals surface area contributed by atoms with Gasteiger partial charge >= 0.3 is 0 Å². The highest BCUT2D eigenvalue weighted by Crippen LogP contribution is 2.28. The molecule has 1 aliphatic heterocycles. The van der Waals surface area contributed by atoms with Gasteiger partial charge < -0.3 is 19.4 Å². The molecule has 1 amide bonds. The molecular formula is C26H28N4O3. The largest absolute Gasteiger partial charge is 0.497 e. The van der Waals surface area contributed by atoms with Gasteiger partial charge in [0, 0.05) is 48.2 Å². The van der Waals surface area contributed by atoms with Crippen LogP contribution in [-0.4, -0.2) is 52.8 Å². The fourth-order valence-corrected chi connectivity index (χ4v) is 4.45. The zero-order valence-electron chi connectivity index (χ0n) is 18.7. The quantitative estimate of drug-likeness (QED) is 0.429. The van der Waals surface area contributed by atoms with E-state index in [0.29, 0.717) is 19.6 Å². The first kappa shape index (κ1) is 21.1. The first-order valence-corrected chi connectivity index (χ1v) is 11.3. The highest BCUT2D eigenvalue weighted by atomic mass is 16.5. The lowest BCUT2D eigenvalue weighted by Crippen LogP contribution is -2.29. The van der Waals surface area contributed by atoms with Gasteiger partial charge in [0.2, 0.25) is 5.91 Å². The molecule has 0 aliphatic carbocycles. The van der Waals surface area contributed by atoms with Crippen LogP contribution >= 0.6 is 0 Å². The molecule has 5 rings (SSSR count). The number of H-pyrrole nitrogens is 2. The van der Waals surface area contributed by atoms with Crippen LogP contribution in [0.15, 0.2) is 60.8 Å². The molecule has 2 N–H and O–H groups in total. The van der Waals surface area contributed by atoms with E-state index in [1.807, 2.05) is 53.6 Å². The number of hydrogen-bond acceptors (Lipinski definition) is 4. The Morgan fingerprint density at radius 1 is 1.15 bits per heavy atom. The molecule has 0 spiro atoms. The summed E-state index contributed by atoms with van der Waals surface area (Å²) in [6, 6.07) is 17.8. The molecule has 0 radical (unpaired) electrons. The molecule has 1 aliphatic rings. The fourth-order valence-electron chi connectivity index (χ4n) is 4.45. The minimum absolute atomic E-state index is 0.172. The topological polar surface area (TPSA) is 83.2 Å². The number of rotatable bonds is 8. The number of carbonyl (C=O) groups excluding carboxylic acids is 1. The lowest BCUT2D eigenvalue weighted by Gasteiger charge is -2.16. The summed E-state index contributed by atoms with van der Waals surface area (Å²) < 4.78 is 11.0. The Bertz CT molecular complexity index is 1230. The van der Waals surface area contributed by atoms with E-state index in [1.165, 1.54) is 0 Å². The molecule has 3 heterocycles. The average molecular weight is 445 g/mol. The Morgan fingerprint density at radius 3 is 2.82 bits per heavy atom. The molecule has 0 saturated carbocycles. The van der Waals surface area contributed by atoms with Crippen LogP contribution in [0.4, 0.5) is 0 Å². The average Bonchev–Trinajstić information content (AvgIpc) is 3.60. The molecule has 7 nitrogen and oxygen atoms in total. The maximum Gasteiger partial charge on any atom is 0.227 e. The van der Waals surface area contributed by atoms with E-state index in [1.54, 1.807) is 7.11 Å². The van der Waals surface area contributed by atoms with E-state index in [9.17, 15) is 4.79 Å². The predicted octanol–water partition coefficient (Wildman–Crippen LogP) is 4.08. The summed E-state index contributed by atoms with van der Waals surface area (Å²) in [5, 5.41) is 8.77. The summed E-state index contributed by atoms with van der Waals surface area (Å²) in [6.07, 6.45) is 4.05. The van der Waals surface area contributed by atoms with Gasteiger partial charge in [-0.05, 0) is 48.4 Å². The first-order valence-electron chi connectivity index (χ1n) is 11.3. The van der Waals surface area contributed by atoms with Gasteiger partial charge in [-0.25, -0.2) is 0 Å². The van der Waals surface area contributed by atoms with Crippen molar-refractivity contribution in [2.24, 2.45) is 0 Å². The standard InChI is InChI=1S/C26H28N4O3/c1-32-21-6-8-22(9-7-21)33-13-11-20-15-25(29-28-20)18-10-12-30(17-18)26(31)14-19-16-27-24-5-3-2-4-23(19)24/h2-9,15-16,18,27H,10-14,17H2,1H3,(H,28,29)/t18-/m1/s1. The van der Waals surface area contributed by atoms with Crippen molar-refractivity contribution in [3.8, 4) is 11.5 Å². The van der Waals surface area contributed by atoms with Crippen LogP contribution in [0.3, 0.4) is 0 Å². The van der Waals surface area contributed by atoms with Crippen molar-refractivity contribution in [3.05, 3.63) is 77.7 Å². The summed E-state index contributed by atoms with van der Waals surface area (Å²) in [7, 11) is 1.65. The SMILES string of the molecule is COc1ccc(OCCc2cc([C@@H]3CCN(C(=O)Cc4c[nH]c5ccccc45)C3)n[nH]2)cc1. The van der Waals surface area contributed by atoms with Crippen molar-refractivity contribution in [2.75, 3.05) is 26.8 Å². The number of fused-ring (bicyclic) bond motifs is 1. The Morgan fingerprint density at radius 2 is 1.97 bits per heavy atom. The maximum atomic E-state index is 12.9. The van der Waals surface area contributed by atoms with E-state index < -0.39 is 0 Å². The highest BCUT2D eigenvalue weighted by Gasteiger charge is 2.29. The zero-order chi connectivity index (χ0) is 22.6. The van der Waals surface area contributed by atoms with Gasteiger partial charge in [0.25, 0.3) is 0 Å². The molecule has 0 bridgehead atoms. The van der Waals surface area contributed by atoms with Gasteiger partial charge in [0.1, 0.15) is 11.5 Å². The molecule has 0 unspecified atom stereocenters. The number of carbonyl (C=O) groups is 1. The van der Waals surface area contributed by atoms with Gasteiger partial charge in [-0.15, -0.1) is 0 Å². The van der Waals surface area contributed by atoms with Crippen molar-refractivity contribution in [3.63, 3.8) is 0 Å². The minimum Gasteiger partial charge on any atom is -0.497 e. The highest BCUT2D eigenvalue weighted by molar-refractivity contribution is 5.89. The molecule has 2 aromatic carbocycles. The smallest absolute Gasteiger partial charge is 0.227 e. The normalized spacial score (nSPS) is 15.8. The third-order valence-electron chi connectivity index (χ3n) is 6.33. The van der Waals surface area contributed by atoms with Crippen molar-refractivity contribution in [2.45, 2.75) is 25.2 Å². The van der Waals surface area contributed by atoms with Crippen LogP contribution in [0.5, 0.6) is 11.5 Å². The second-order valence-corrected chi connectivity index (χ2v) is 8.45. The number of aromatic nitrogens is 3. The van der Waals surface area contributed by atoms with Gasteiger partial charge in [-0.2, -0.15) is 5.10 Å². The van der Waals surface area contributed by atoms with Crippen molar-refractivity contribution in [1.82, 2.24) is 20.1 Å². The predicted molar refractivity (Wildman–Crippen MR) is 127 cm³/mol. The molecule has 1 saturated heterocycles. The minimum atomic E-state index is 0.172. The number of amides is 1. The van der Waals surface area contributed by atoms with E-state index in [-0.39, 0.29) is 11.8 Å². The van der Waals surface area contributed by atoms with Crippen molar-refractivity contribution >= 4 is 16.8 Å². The van der Waals surface area contributed by atoms with Crippen LogP contribution < -0.4 is 9.47 Å². The van der Waals surface area contributed by atoms with E-state index >= 15 is 0 Å². The molecule has 170 valence electrons. The number of hydrogen-bond donors (Lipinski definition) is 2. The number of ether oxygens (including phenoxy) is 2. The van der Waals surface area contributed by atoms with Gasteiger partial charge in [0.05, 0.1) is 25.8 Å². The number of aromatic amines is 2. The first-order chi connectivity index (χ1) is 16.2. The third-order valence-corrected chi connectivity index (χ3v) is 6.33. The third kappa shape index (κ3) is 4.72. The lowest BCUT2D eigenvalue weighted by molar-refractivity contribution is -0.129. The van der Waals surface area contributed by atoms with Crippen molar-refractivity contribution in [1.29, 1.82) is 0 Å². The maximum absolute atomic E-state index is 12.9. The molecule has 1 fully saturated rings. The summed E-state index contributed by atoms with van der Waals surface area (Å²) in [5.41, 5.74) is 4.19. The van der Waals surface area contributed by atoms with Gasteiger partial charge in [-0.3, -0.25) is 9.89 Å². The molecule has 33 heavy (non-hydrogen) atoms. The zero-order valence-corrected chi connectivity index (χ0v) is 18.7. The van der Waals surface area contributed by atoms with Crippen molar-refractivity contribution < 1.29 is 14.3 Å². The van der Waals surface area contributed by atoms with E-state index in [2.05, 4.69) is 27.3 Å². The second-order valence-electron chi connectivity index (χ2n) is 8.45. The van der Waals surface area contributed by atoms with Gasteiger partial charge in [0.15, 0.2) is 0 Å². The Labute approximate surface area is 192 Å². The Balaban J connectivity index is 1.12. The Hall–Kier alpha value is -3.74. The molecule has 7 heteroatoms. The summed E-state index contributed by atoms with van der Waals surface area (Å²) >= 11 is 0. The van der Waals surface area contributed by atoms with E-state index in [0.717, 1.165) is 58.7 Å². The summed E-state index contributed by atoms with van der Waals surface area (Å²) in [5.74, 6) is 2.07. The molecule has 1 atom stereocenters. The number of nitrogens with one attached hydrogen (secondary N) is 2. The number of methoxy groups -OCH3 is 1. The monoisotopic (exact) mass is 444 g/mol. The molecule has 4 aromatic rings. The van der Waals surface area contributed by atoms with Crippen LogP contribution in [0.25, 0.3) is 10.9 Å². The number of para-hydroxylation sites is 1. The van der Waals surface area contributed by atoms with Crippen LogP contribution in [0.1, 0.15) is 29.3 Å². The Kier molecular flexibility index (Phi) is 6.02. The van der Waals surface area contributed by atoms with Crippen LogP contribution in [-0.2, 0) is 17.6 Å². The number of nitrogens with zero attached hydrogens (tertiary/aromatic N) is 2. The van der Waals surface area contributed by atoms with E-state index in [4.69, 9.17) is 9.47 Å². The van der Waals surface area contributed by atoms with Crippen LogP contribution in [0, 0.1) is 0 Å². The van der Waals surface area contributed by atoms with Crippen LogP contribution in [0.2, 0.25) is 0 Å². The number of likely N-dealkylation sites (tertiary alicyclic amines) is 1. The summed E-state index contributed by atoms with van der Waals surface area (Å²) in [6.45, 7) is 2.05. The lowest BCUT2D eigenvalue weighted by atomic mass is 10.0. The number of benzene rings is 2. The fraction of sp³-hybridized carbons (Fsp3) is 0.308. The second kappa shape index (κ2) is 9.40.